The van der Waals surface area contributed by atoms with Crippen molar-refractivity contribution in [3.63, 3.8) is 0 Å². The Morgan fingerprint density at radius 2 is 2.07 bits per heavy atom. The summed E-state index contributed by atoms with van der Waals surface area (Å²) in [7, 11) is 0. The van der Waals surface area contributed by atoms with Crippen LogP contribution in [0.15, 0.2) is 48.1 Å². The first-order chi connectivity index (χ1) is 6.95. The lowest BCUT2D eigenvalue weighted by Crippen LogP contribution is -2.26. The second-order valence-corrected chi connectivity index (χ2v) is 3.41. The second kappa shape index (κ2) is 2.88. The summed E-state index contributed by atoms with van der Waals surface area (Å²) >= 11 is 0. The number of allylic oxidation sites excluding steroid dienone is 1. The highest BCUT2D eigenvalue weighted by molar-refractivity contribution is 5.68. The molecular weight excluding hydrogens is 172 g/mol. The van der Waals surface area contributed by atoms with Crippen LogP contribution in [0.25, 0.3) is 11.8 Å². The summed E-state index contributed by atoms with van der Waals surface area (Å²) < 4.78 is 5.62. The molecule has 0 spiro atoms. The standard InChI is InChI=1S/C13H10O/c1-2-7-12-10(4-1)5-3-6-11-8-9-14-13(11)12/h1-8H,9H2. The van der Waals surface area contributed by atoms with Crippen LogP contribution in [0, 0.1) is 0 Å². The largest absolute Gasteiger partial charge is 0.488 e. The van der Waals surface area contributed by atoms with Crippen molar-refractivity contribution in [3.05, 3.63) is 58.5 Å². The van der Waals surface area contributed by atoms with E-state index in [0.717, 1.165) is 5.76 Å². The highest BCUT2D eigenvalue weighted by atomic mass is 16.5. The topological polar surface area (TPSA) is 9.23 Å². The summed E-state index contributed by atoms with van der Waals surface area (Å²) in [6, 6.07) is 8.31. The van der Waals surface area contributed by atoms with E-state index in [1.807, 2.05) is 12.1 Å². The van der Waals surface area contributed by atoms with Crippen LogP contribution in [-0.2, 0) is 4.74 Å². The average molecular weight is 182 g/mol. The number of ether oxygens (including phenoxy) is 1. The zero-order valence-electron chi connectivity index (χ0n) is 7.73. The molecule has 0 fully saturated rings. The van der Waals surface area contributed by atoms with Gasteiger partial charge in [0.2, 0.25) is 0 Å². The zero-order valence-corrected chi connectivity index (χ0v) is 7.73. The molecule has 0 atom stereocenters. The van der Waals surface area contributed by atoms with Crippen LogP contribution in [0.5, 0.6) is 0 Å². The summed E-state index contributed by atoms with van der Waals surface area (Å²) in [6.45, 7) is 0.698. The summed E-state index contributed by atoms with van der Waals surface area (Å²) in [6.07, 6.45) is 8.40. The Morgan fingerprint density at radius 1 is 1.14 bits per heavy atom. The minimum atomic E-state index is 0.698. The highest BCUT2D eigenvalue weighted by Crippen LogP contribution is 2.19. The van der Waals surface area contributed by atoms with Gasteiger partial charge in [-0.05, 0) is 11.3 Å². The van der Waals surface area contributed by atoms with E-state index in [2.05, 4.69) is 36.4 Å². The Balaban J connectivity index is 2.48. The van der Waals surface area contributed by atoms with Crippen molar-refractivity contribution in [1.29, 1.82) is 0 Å². The fourth-order valence-electron chi connectivity index (χ4n) is 1.87. The Kier molecular flexibility index (Phi) is 1.57. The van der Waals surface area contributed by atoms with E-state index < -0.39 is 0 Å². The van der Waals surface area contributed by atoms with Crippen LogP contribution < -0.4 is 10.4 Å². The van der Waals surface area contributed by atoms with E-state index in [-0.39, 0.29) is 0 Å². The molecule has 1 aliphatic heterocycles. The minimum absolute atomic E-state index is 0.698. The Hall–Kier alpha value is -1.76. The normalized spacial score (nSPS) is 17.4. The zero-order chi connectivity index (χ0) is 9.38. The van der Waals surface area contributed by atoms with Crippen molar-refractivity contribution < 1.29 is 4.74 Å². The smallest absolute Gasteiger partial charge is 0.134 e. The molecule has 2 aliphatic rings. The van der Waals surface area contributed by atoms with Gasteiger partial charge in [0, 0.05) is 10.8 Å². The fraction of sp³-hybridized carbons (Fsp3) is 0.0769. The molecule has 1 heteroatoms. The maximum atomic E-state index is 5.62. The van der Waals surface area contributed by atoms with Crippen molar-refractivity contribution >= 4 is 11.8 Å². The maximum absolute atomic E-state index is 5.62. The molecule has 0 bridgehead atoms. The van der Waals surface area contributed by atoms with Gasteiger partial charge in [0.15, 0.2) is 0 Å². The van der Waals surface area contributed by atoms with Crippen LogP contribution in [0.2, 0.25) is 0 Å². The van der Waals surface area contributed by atoms with Crippen LogP contribution in [0.4, 0.5) is 0 Å². The summed E-state index contributed by atoms with van der Waals surface area (Å²) in [5.74, 6) is 1.02. The van der Waals surface area contributed by atoms with Gasteiger partial charge in [-0.1, -0.05) is 42.5 Å². The minimum Gasteiger partial charge on any atom is -0.488 e. The molecule has 1 heterocycles. The predicted molar refractivity (Wildman–Crippen MR) is 56.7 cm³/mol. The van der Waals surface area contributed by atoms with Gasteiger partial charge in [-0.25, -0.2) is 0 Å². The number of hydrogen-bond acceptors (Lipinski definition) is 1. The molecule has 0 amide bonds. The van der Waals surface area contributed by atoms with Crippen LogP contribution in [-0.4, -0.2) is 6.61 Å². The molecule has 0 radical (unpaired) electrons. The Labute approximate surface area is 82.3 Å². The molecule has 0 saturated heterocycles. The molecule has 1 nitrogen and oxygen atoms in total. The fourth-order valence-corrected chi connectivity index (χ4v) is 1.87. The molecule has 1 aromatic rings. The van der Waals surface area contributed by atoms with Crippen LogP contribution in [0.3, 0.4) is 0 Å². The van der Waals surface area contributed by atoms with Crippen molar-refractivity contribution in [1.82, 2.24) is 0 Å². The van der Waals surface area contributed by atoms with E-state index >= 15 is 0 Å². The number of fused-ring (bicyclic) bond motifs is 2. The van der Waals surface area contributed by atoms with E-state index in [1.165, 1.54) is 16.0 Å². The summed E-state index contributed by atoms with van der Waals surface area (Å²) in [5.41, 5.74) is 1.20. The molecule has 0 aromatic heterocycles. The van der Waals surface area contributed by atoms with Crippen molar-refractivity contribution in [2.45, 2.75) is 0 Å². The molecular formula is C13H10O. The third-order valence-corrected chi connectivity index (χ3v) is 2.55. The first-order valence-corrected chi connectivity index (χ1v) is 4.76. The monoisotopic (exact) mass is 182 g/mol. The second-order valence-electron chi connectivity index (χ2n) is 3.41. The molecule has 1 aliphatic carbocycles. The molecule has 1 aromatic carbocycles. The lowest BCUT2D eigenvalue weighted by molar-refractivity contribution is 0.333. The molecule has 0 saturated carbocycles. The SMILES string of the molecule is C1=CC2=CCOC2=c2ccccc2=C1. The van der Waals surface area contributed by atoms with Gasteiger partial charge < -0.3 is 4.74 Å². The quantitative estimate of drug-likeness (QED) is 0.584. The van der Waals surface area contributed by atoms with Crippen molar-refractivity contribution in [2.24, 2.45) is 0 Å². The molecule has 14 heavy (non-hydrogen) atoms. The molecule has 0 N–H and O–H groups in total. The Morgan fingerprint density at radius 3 is 3.07 bits per heavy atom. The number of benzene rings is 1. The average Bonchev–Trinajstić information content (AvgIpc) is 2.61. The van der Waals surface area contributed by atoms with Crippen molar-refractivity contribution in [2.75, 3.05) is 6.61 Å². The van der Waals surface area contributed by atoms with Gasteiger partial charge in [-0.2, -0.15) is 0 Å². The number of rotatable bonds is 0. The Bertz CT molecular complexity index is 547. The third kappa shape index (κ3) is 1.02. The number of hydrogen-bond donors (Lipinski definition) is 0. The first-order valence-electron chi connectivity index (χ1n) is 4.76. The first kappa shape index (κ1) is 7.63. The van der Waals surface area contributed by atoms with Gasteiger partial charge in [-0.3, -0.25) is 0 Å². The highest BCUT2D eigenvalue weighted by Gasteiger charge is 2.12. The van der Waals surface area contributed by atoms with Crippen LogP contribution in [0.1, 0.15) is 0 Å². The lowest BCUT2D eigenvalue weighted by Gasteiger charge is -2.00. The van der Waals surface area contributed by atoms with Gasteiger partial charge in [0.25, 0.3) is 0 Å². The molecule has 3 rings (SSSR count). The molecule has 0 unspecified atom stereocenters. The lowest BCUT2D eigenvalue weighted by atomic mass is 10.1. The summed E-state index contributed by atoms with van der Waals surface area (Å²) in [5, 5.41) is 2.42. The van der Waals surface area contributed by atoms with Gasteiger partial charge in [0.05, 0.1) is 0 Å². The van der Waals surface area contributed by atoms with Crippen molar-refractivity contribution in [3.8, 4) is 0 Å². The van der Waals surface area contributed by atoms with Gasteiger partial charge in [0.1, 0.15) is 12.4 Å². The van der Waals surface area contributed by atoms with E-state index in [4.69, 9.17) is 4.74 Å². The predicted octanol–water partition coefficient (Wildman–Crippen LogP) is 1.10. The van der Waals surface area contributed by atoms with Gasteiger partial charge >= 0.3 is 0 Å². The van der Waals surface area contributed by atoms with E-state index in [9.17, 15) is 0 Å². The van der Waals surface area contributed by atoms with Crippen LogP contribution >= 0.6 is 0 Å². The maximum Gasteiger partial charge on any atom is 0.134 e. The summed E-state index contributed by atoms with van der Waals surface area (Å²) in [4.78, 5) is 0. The van der Waals surface area contributed by atoms with Gasteiger partial charge in [-0.15, -0.1) is 0 Å². The third-order valence-electron chi connectivity index (χ3n) is 2.55. The molecule has 68 valence electrons. The van der Waals surface area contributed by atoms with E-state index in [1.54, 1.807) is 0 Å². The van der Waals surface area contributed by atoms with E-state index in [0.29, 0.717) is 6.61 Å².